The molecule has 0 bridgehead atoms. The van der Waals surface area contributed by atoms with Gasteiger partial charge in [-0.3, -0.25) is 19.8 Å². The molecule has 0 aliphatic heterocycles. The van der Waals surface area contributed by atoms with Gasteiger partial charge in [-0.1, -0.05) is 19.4 Å². The second-order valence-electron chi connectivity index (χ2n) is 10.6. The zero-order valence-corrected chi connectivity index (χ0v) is 19.5. The van der Waals surface area contributed by atoms with Crippen LogP contribution in [0.15, 0.2) is 16.6 Å². The van der Waals surface area contributed by atoms with Crippen LogP contribution in [0.1, 0.15) is 65.7 Å². The largest absolute Gasteiger partial charge is 0.458 e. The molecule has 0 unspecified atom stereocenters. The van der Waals surface area contributed by atoms with E-state index in [-0.39, 0.29) is 41.8 Å². The van der Waals surface area contributed by atoms with E-state index in [0.717, 1.165) is 18.4 Å². The minimum Gasteiger partial charge on any atom is -0.458 e. The number of hydrogen-bond acceptors (Lipinski definition) is 7. The summed E-state index contributed by atoms with van der Waals surface area (Å²) in [5.41, 5.74) is 0.943. The Morgan fingerprint density at radius 3 is 2.64 bits per heavy atom. The normalized spacial score (nSPS) is 40.9. The summed E-state index contributed by atoms with van der Waals surface area (Å²) in [6.07, 6.45) is 5.85. The summed E-state index contributed by atoms with van der Waals surface area (Å²) in [7, 11) is 0. The number of nitrogens with two attached hydrogens (primary N) is 1. The number of fused-ring (bicyclic) bond motifs is 5. The first-order chi connectivity index (χ1) is 15.5. The first-order valence-corrected chi connectivity index (χ1v) is 11.7. The molecule has 3 fully saturated rings. The van der Waals surface area contributed by atoms with Gasteiger partial charge in [0.15, 0.2) is 6.61 Å². The third-order valence-corrected chi connectivity index (χ3v) is 9.06. The van der Waals surface area contributed by atoms with Crippen LogP contribution in [0.4, 0.5) is 4.79 Å². The van der Waals surface area contributed by atoms with E-state index in [4.69, 9.17) is 10.6 Å². The first-order valence-electron chi connectivity index (χ1n) is 11.7. The summed E-state index contributed by atoms with van der Waals surface area (Å²) in [5.74, 6) is 4.04. The van der Waals surface area contributed by atoms with Crippen molar-refractivity contribution < 1.29 is 29.0 Å². The summed E-state index contributed by atoms with van der Waals surface area (Å²) < 4.78 is 4.88. The number of urea groups is 1. The van der Waals surface area contributed by atoms with E-state index < -0.39 is 35.4 Å². The van der Waals surface area contributed by atoms with Crippen LogP contribution in [-0.4, -0.2) is 46.6 Å². The van der Waals surface area contributed by atoms with Crippen LogP contribution in [-0.2, 0) is 19.1 Å². The molecule has 0 spiro atoms. The molecule has 33 heavy (non-hydrogen) atoms. The van der Waals surface area contributed by atoms with Crippen molar-refractivity contribution in [2.75, 3.05) is 6.61 Å². The maximum Gasteiger partial charge on any atom is 0.355 e. The number of amides is 2. The van der Waals surface area contributed by atoms with Gasteiger partial charge < -0.3 is 9.84 Å². The maximum absolute atomic E-state index is 13.7. The van der Waals surface area contributed by atoms with Crippen molar-refractivity contribution in [3.63, 3.8) is 0 Å². The number of nitrogens with one attached hydrogen (secondary N) is 1. The van der Waals surface area contributed by atoms with Crippen LogP contribution < -0.4 is 11.3 Å². The molecule has 9 heteroatoms. The molecule has 0 heterocycles. The van der Waals surface area contributed by atoms with Crippen molar-refractivity contribution >= 4 is 29.3 Å². The molecule has 4 N–H and O–H groups in total. The van der Waals surface area contributed by atoms with E-state index in [1.54, 1.807) is 0 Å². The summed E-state index contributed by atoms with van der Waals surface area (Å²) in [6.45, 7) is 4.74. The highest BCUT2D eigenvalue weighted by atomic mass is 16.5. The number of aliphatic hydroxyl groups is 1. The molecular weight excluding hydrogens is 426 g/mol. The fraction of sp³-hybridized carbons (Fsp3) is 0.708. The van der Waals surface area contributed by atoms with Crippen molar-refractivity contribution in [2.45, 2.75) is 71.3 Å². The molecule has 0 aromatic heterocycles. The maximum atomic E-state index is 13.7. The van der Waals surface area contributed by atoms with E-state index in [9.17, 15) is 24.3 Å². The third-order valence-electron chi connectivity index (χ3n) is 9.06. The molecule has 2 amide bonds. The summed E-state index contributed by atoms with van der Waals surface area (Å²) in [6, 6.07) is -0.590. The number of aliphatic imine (C=N–C) groups is 1. The van der Waals surface area contributed by atoms with Crippen LogP contribution in [0.5, 0.6) is 0 Å². The molecule has 4 aliphatic carbocycles. The molecule has 180 valence electrons. The number of nitrogens with zero attached hydrogens (tertiary/aromatic N) is 1. The molecular formula is C24H33N3O6. The number of allylic oxidation sites excluding steroid dienone is 2. The zero-order valence-electron chi connectivity index (χ0n) is 19.5. The van der Waals surface area contributed by atoms with Gasteiger partial charge in [0.05, 0.1) is 0 Å². The molecule has 0 aromatic rings. The van der Waals surface area contributed by atoms with Crippen molar-refractivity contribution in [2.24, 2.45) is 39.4 Å². The van der Waals surface area contributed by atoms with Gasteiger partial charge in [-0.15, -0.1) is 0 Å². The number of carbonyl (C=O) groups excluding carboxylic acids is 4. The van der Waals surface area contributed by atoms with E-state index in [0.29, 0.717) is 25.0 Å². The molecule has 0 radical (unpaired) electrons. The number of carbonyl (C=O) groups is 4. The predicted molar refractivity (Wildman–Crippen MR) is 119 cm³/mol. The van der Waals surface area contributed by atoms with Crippen LogP contribution >= 0.6 is 0 Å². The molecule has 6 atom stereocenters. The van der Waals surface area contributed by atoms with Gasteiger partial charge in [0, 0.05) is 30.4 Å². The monoisotopic (exact) mass is 459 g/mol. The fourth-order valence-electron chi connectivity index (χ4n) is 7.39. The van der Waals surface area contributed by atoms with E-state index >= 15 is 0 Å². The average molecular weight is 460 g/mol. The highest BCUT2D eigenvalue weighted by Crippen LogP contribution is 2.66. The van der Waals surface area contributed by atoms with Gasteiger partial charge in [-0.05, 0) is 61.9 Å². The Labute approximate surface area is 193 Å². The second kappa shape index (κ2) is 8.13. The van der Waals surface area contributed by atoms with Crippen LogP contribution in [0.25, 0.3) is 0 Å². The van der Waals surface area contributed by atoms with E-state index in [1.807, 2.05) is 18.4 Å². The lowest BCUT2D eigenvalue weighted by molar-refractivity contribution is -0.173. The number of esters is 1. The van der Waals surface area contributed by atoms with Crippen LogP contribution in [0, 0.1) is 28.6 Å². The molecule has 4 aliphatic rings. The Kier molecular flexibility index (Phi) is 5.85. The third kappa shape index (κ3) is 3.56. The van der Waals surface area contributed by atoms with Gasteiger partial charge in [-0.2, -0.15) is 4.99 Å². The highest BCUT2D eigenvalue weighted by molar-refractivity contribution is 6.03. The summed E-state index contributed by atoms with van der Waals surface area (Å²) in [5, 5.41) is 11.5. The number of Topliss-reactive ketones (excluding diaryl/α,β-unsaturated/α-hetero) is 2. The number of hydrogen-bond donors (Lipinski definition) is 3. The minimum absolute atomic E-state index is 0.0305. The van der Waals surface area contributed by atoms with Crippen molar-refractivity contribution in [3.05, 3.63) is 11.6 Å². The Morgan fingerprint density at radius 2 is 1.97 bits per heavy atom. The average Bonchev–Trinajstić information content (AvgIpc) is 3.03. The van der Waals surface area contributed by atoms with Crippen LogP contribution in [0.2, 0.25) is 0 Å². The van der Waals surface area contributed by atoms with E-state index in [2.05, 4.69) is 11.9 Å². The van der Waals surface area contributed by atoms with Crippen molar-refractivity contribution in [3.8, 4) is 0 Å². The number of ether oxygens (including phenoxy) is 1. The Balaban J connectivity index is 1.63. The summed E-state index contributed by atoms with van der Waals surface area (Å²) >= 11 is 0. The molecule has 9 nitrogen and oxygen atoms in total. The van der Waals surface area contributed by atoms with Crippen LogP contribution in [0.3, 0.4) is 0 Å². The van der Waals surface area contributed by atoms with Gasteiger partial charge in [-0.25, -0.2) is 10.6 Å². The minimum atomic E-state index is -1.67. The van der Waals surface area contributed by atoms with Crippen molar-refractivity contribution in [1.82, 2.24) is 5.43 Å². The van der Waals surface area contributed by atoms with E-state index in [1.165, 1.54) is 6.92 Å². The lowest BCUT2D eigenvalue weighted by Gasteiger charge is -2.57. The Hall–Kier alpha value is -2.39. The number of rotatable bonds is 3. The summed E-state index contributed by atoms with van der Waals surface area (Å²) in [4.78, 5) is 53.4. The van der Waals surface area contributed by atoms with Gasteiger partial charge in [0.25, 0.3) is 0 Å². The smallest absolute Gasteiger partial charge is 0.355 e. The topological polar surface area (TPSA) is 148 Å². The quantitative estimate of drug-likeness (QED) is 0.253. The standard InChI is InChI=1S/C24H33N3O6/c1-13(28)33-12-19(30)24(32)9-7-17-16-5-4-14-10-15(26-21(31)27-25)6-8-22(14,2)20(16)18(29)11-23(17,24)3/h10,16-17,20,32H,4-9,11-12,25H2,1-3H3,(H,27,31)/b26-15+/t16-,17-,20+,22-,23-,24-/m0/s1. The number of ketones is 2. The fourth-order valence-corrected chi connectivity index (χ4v) is 7.39. The predicted octanol–water partition coefficient (Wildman–Crippen LogP) is 2.02. The first kappa shape index (κ1) is 23.8. The second-order valence-corrected chi connectivity index (χ2v) is 10.6. The molecule has 3 saturated carbocycles. The van der Waals surface area contributed by atoms with Gasteiger partial charge in [0.1, 0.15) is 11.4 Å². The number of hydrazine groups is 1. The van der Waals surface area contributed by atoms with Crippen molar-refractivity contribution in [1.29, 1.82) is 0 Å². The molecule has 0 aromatic carbocycles. The molecule has 4 rings (SSSR count). The Morgan fingerprint density at radius 1 is 1.24 bits per heavy atom. The van der Waals surface area contributed by atoms with Gasteiger partial charge in [0.2, 0.25) is 5.78 Å². The Bertz CT molecular complexity index is 973. The highest BCUT2D eigenvalue weighted by Gasteiger charge is 2.68. The van der Waals surface area contributed by atoms with Gasteiger partial charge >= 0.3 is 12.0 Å². The molecule has 0 saturated heterocycles. The lowest BCUT2D eigenvalue weighted by atomic mass is 9.46. The lowest BCUT2D eigenvalue weighted by Crippen LogP contribution is -2.61. The zero-order chi connectivity index (χ0) is 24.2. The SMILES string of the molecule is CC(=O)OCC(=O)[C@@]1(O)CC[C@H]2[C@@H]3CCC4=C/C(=N/C(=O)NN)CC[C@]4(C)[C@H]3C(=O)C[C@@]21C.